The highest BCUT2D eigenvalue weighted by Gasteiger charge is 2.02. The molecule has 2 nitrogen and oxygen atoms in total. The van der Waals surface area contributed by atoms with Crippen LogP contribution in [0.25, 0.3) is 0 Å². The molecule has 0 amide bonds. The van der Waals surface area contributed by atoms with Crippen LogP contribution < -0.4 is 5.73 Å². The molecule has 78 valence electrons. The molecule has 2 heteroatoms. The van der Waals surface area contributed by atoms with E-state index in [-0.39, 0.29) is 0 Å². The summed E-state index contributed by atoms with van der Waals surface area (Å²) in [5, 5.41) is 0. The molecule has 0 atom stereocenters. The average Bonchev–Trinajstić information content (AvgIpc) is 2.12. The SMILES string of the molecule is Cc1ccc(C)c(CN(C)CCN)c1. The Morgan fingerprint density at radius 3 is 2.64 bits per heavy atom. The van der Waals surface area contributed by atoms with Gasteiger partial charge >= 0.3 is 0 Å². The van der Waals surface area contributed by atoms with Crippen molar-refractivity contribution in [2.24, 2.45) is 5.73 Å². The van der Waals surface area contributed by atoms with Gasteiger partial charge in [-0.2, -0.15) is 0 Å². The van der Waals surface area contributed by atoms with Crippen molar-refractivity contribution in [3.63, 3.8) is 0 Å². The lowest BCUT2D eigenvalue weighted by Gasteiger charge is -2.17. The van der Waals surface area contributed by atoms with E-state index in [0.29, 0.717) is 0 Å². The fourth-order valence-electron chi connectivity index (χ4n) is 1.56. The Hall–Kier alpha value is -0.860. The highest BCUT2D eigenvalue weighted by molar-refractivity contribution is 5.30. The zero-order valence-corrected chi connectivity index (χ0v) is 9.38. The van der Waals surface area contributed by atoms with Crippen molar-refractivity contribution in [2.75, 3.05) is 20.1 Å². The van der Waals surface area contributed by atoms with Crippen molar-refractivity contribution in [3.8, 4) is 0 Å². The van der Waals surface area contributed by atoms with E-state index >= 15 is 0 Å². The number of nitrogens with zero attached hydrogens (tertiary/aromatic N) is 1. The molecule has 1 rings (SSSR count). The van der Waals surface area contributed by atoms with Gasteiger partial charge in [0.15, 0.2) is 0 Å². The minimum Gasteiger partial charge on any atom is -0.329 e. The number of hydrogen-bond donors (Lipinski definition) is 1. The summed E-state index contributed by atoms with van der Waals surface area (Å²) in [6.07, 6.45) is 0. The van der Waals surface area contributed by atoms with Crippen LogP contribution >= 0.6 is 0 Å². The third-order valence-corrected chi connectivity index (χ3v) is 2.46. The van der Waals surface area contributed by atoms with Gasteiger partial charge in [-0.15, -0.1) is 0 Å². The molecule has 0 radical (unpaired) electrons. The van der Waals surface area contributed by atoms with Crippen molar-refractivity contribution < 1.29 is 0 Å². The van der Waals surface area contributed by atoms with Crippen molar-refractivity contribution in [2.45, 2.75) is 20.4 Å². The molecule has 0 aliphatic carbocycles. The maximum atomic E-state index is 5.51. The summed E-state index contributed by atoms with van der Waals surface area (Å²) >= 11 is 0. The van der Waals surface area contributed by atoms with Gasteiger partial charge < -0.3 is 10.6 Å². The van der Waals surface area contributed by atoms with Gasteiger partial charge in [-0.05, 0) is 32.0 Å². The summed E-state index contributed by atoms with van der Waals surface area (Å²) in [5.74, 6) is 0. The molecule has 0 aromatic heterocycles. The second-order valence-electron chi connectivity index (χ2n) is 3.96. The predicted octanol–water partition coefficient (Wildman–Crippen LogP) is 1.69. The molecule has 2 N–H and O–H groups in total. The number of benzene rings is 1. The van der Waals surface area contributed by atoms with Crippen LogP contribution in [0.4, 0.5) is 0 Å². The van der Waals surface area contributed by atoms with Crippen molar-refractivity contribution in [1.82, 2.24) is 4.90 Å². The van der Waals surface area contributed by atoms with E-state index in [2.05, 4.69) is 44.0 Å². The van der Waals surface area contributed by atoms with Gasteiger partial charge in [-0.25, -0.2) is 0 Å². The van der Waals surface area contributed by atoms with Gasteiger partial charge in [0.1, 0.15) is 0 Å². The van der Waals surface area contributed by atoms with Crippen LogP contribution in [0.2, 0.25) is 0 Å². The maximum absolute atomic E-state index is 5.51. The van der Waals surface area contributed by atoms with Crippen molar-refractivity contribution in [3.05, 3.63) is 34.9 Å². The van der Waals surface area contributed by atoms with Crippen molar-refractivity contribution >= 4 is 0 Å². The first kappa shape index (κ1) is 11.2. The molecule has 0 bridgehead atoms. The zero-order chi connectivity index (χ0) is 10.6. The summed E-state index contributed by atoms with van der Waals surface area (Å²) in [5.41, 5.74) is 9.60. The van der Waals surface area contributed by atoms with E-state index in [1.807, 2.05) is 0 Å². The van der Waals surface area contributed by atoms with Crippen LogP contribution in [0.1, 0.15) is 16.7 Å². The van der Waals surface area contributed by atoms with E-state index in [9.17, 15) is 0 Å². The third kappa shape index (κ3) is 3.13. The van der Waals surface area contributed by atoms with Crippen LogP contribution in [-0.4, -0.2) is 25.0 Å². The summed E-state index contributed by atoms with van der Waals surface area (Å²) in [7, 11) is 2.11. The summed E-state index contributed by atoms with van der Waals surface area (Å²) < 4.78 is 0. The normalized spacial score (nSPS) is 10.9. The van der Waals surface area contributed by atoms with E-state index in [4.69, 9.17) is 5.73 Å². The lowest BCUT2D eigenvalue weighted by Crippen LogP contribution is -2.25. The average molecular weight is 192 g/mol. The number of nitrogens with two attached hydrogens (primary N) is 1. The van der Waals surface area contributed by atoms with E-state index in [1.54, 1.807) is 0 Å². The van der Waals surface area contributed by atoms with Crippen LogP contribution in [-0.2, 0) is 6.54 Å². The minimum absolute atomic E-state index is 0.724. The first-order chi connectivity index (χ1) is 6.63. The standard InChI is InChI=1S/C12H20N2/c1-10-4-5-11(2)12(8-10)9-14(3)7-6-13/h4-5,8H,6-7,9,13H2,1-3H3. The molecular formula is C12H20N2. The first-order valence-corrected chi connectivity index (χ1v) is 5.08. The number of likely N-dealkylation sites (N-methyl/N-ethyl adjacent to an activating group) is 1. The van der Waals surface area contributed by atoms with Crippen LogP contribution in [0.5, 0.6) is 0 Å². The largest absolute Gasteiger partial charge is 0.329 e. The molecule has 14 heavy (non-hydrogen) atoms. The molecule has 0 saturated heterocycles. The Kier molecular flexibility index (Phi) is 4.11. The number of rotatable bonds is 4. The molecular weight excluding hydrogens is 172 g/mol. The Morgan fingerprint density at radius 1 is 1.29 bits per heavy atom. The molecule has 0 aliphatic heterocycles. The zero-order valence-electron chi connectivity index (χ0n) is 9.38. The quantitative estimate of drug-likeness (QED) is 0.786. The Morgan fingerprint density at radius 2 is 2.00 bits per heavy atom. The van der Waals surface area contributed by atoms with E-state index in [1.165, 1.54) is 16.7 Å². The summed E-state index contributed by atoms with van der Waals surface area (Å²) in [6.45, 7) is 6.95. The molecule has 0 fully saturated rings. The minimum atomic E-state index is 0.724. The monoisotopic (exact) mass is 192 g/mol. The molecule has 0 spiro atoms. The van der Waals surface area contributed by atoms with Crippen LogP contribution in [0.15, 0.2) is 18.2 Å². The molecule has 0 heterocycles. The highest BCUT2D eigenvalue weighted by atomic mass is 15.1. The number of hydrogen-bond acceptors (Lipinski definition) is 2. The lowest BCUT2D eigenvalue weighted by atomic mass is 10.1. The fraction of sp³-hybridized carbons (Fsp3) is 0.500. The highest BCUT2D eigenvalue weighted by Crippen LogP contribution is 2.12. The molecule has 0 saturated carbocycles. The Bertz CT molecular complexity index is 294. The van der Waals surface area contributed by atoms with Gasteiger partial charge in [-0.1, -0.05) is 23.8 Å². The molecule has 1 aromatic carbocycles. The van der Waals surface area contributed by atoms with Gasteiger partial charge in [0, 0.05) is 19.6 Å². The fourth-order valence-corrected chi connectivity index (χ4v) is 1.56. The van der Waals surface area contributed by atoms with Gasteiger partial charge in [0.05, 0.1) is 0 Å². The third-order valence-electron chi connectivity index (χ3n) is 2.46. The van der Waals surface area contributed by atoms with E-state index in [0.717, 1.165) is 19.6 Å². The van der Waals surface area contributed by atoms with Crippen LogP contribution in [0, 0.1) is 13.8 Å². The summed E-state index contributed by atoms with van der Waals surface area (Å²) in [4.78, 5) is 2.25. The first-order valence-electron chi connectivity index (χ1n) is 5.08. The molecule has 0 unspecified atom stereocenters. The summed E-state index contributed by atoms with van der Waals surface area (Å²) in [6, 6.07) is 6.59. The van der Waals surface area contributed by atoms with Crippen LogP contribution in [0.3, 0.4) is 0 Å². The lowest BCUT2D eigenvalue weighted by molar-refractivity contribution is 0.335. The maximum Gasteiger partial charge on any atom is 0.0233 e. The Balaban J connectivity index is 2.70. The van der Waals surface area contributed by atoms with E-state index < -0.39 is 0 Å². The number of aryl methyl sites for hydroxylation is 2. The predicted molar refractivity (Wildman–Crippen MR) is 61.3 cm³/mol. The smallest absolute Gasteiger partial charge is 0.0233 e. The topological polar surface area (TPSA) is 29.3 Å². The van der Waals surface area contributed by atoms with Crippen molar-refractivity contribution in [1.29, 1.82) is 0 Å². The van der Waals surface area contributed by atoms with Gasteiger partial charge in [0.25, 0.3) is 0 Å². The van der Waals surface area contributed by atoms with Gasteiger partial charge in [-0.3, -0.25) is 0 Å². The second-order valence-corrected chi connectivity index (χ2v) is 3.96. The second kappa shape index (κ2) is 5.13. The molecule has 1 aromatic rings. The van der Waals surface area contributed by atoms with Gasteiger partial charge in [0.2, 0.25) is 0 Å². The molecule has 0 aliphatic rings. The Labute approximate surface area is 86.7 Å².